The molecule has 5 rings (SSSR count). The number of ether oxygens (including phenoxy) is 1. The molecule has 0 radical (unpaired) electrons. The van der Waals surface area contributed by atoms with Crippen molar-refractivity contribution in [3.05, 3.63) is 101 Å². The number of carbonyl (C=O) groups is 2. The fourth-order valence-electron chi connectivity index (χ4n) is 4.74. The van der Waals surface area contributed by atoms with Gasteiger partial charge in [0.25, 0.3) is 5.91 Å². The zero-order chi connectivity index (χ0) is 24.6. The molecule has 4 aromatic rings. The number of nitrogens with zero attached hydrogens (tertiary/aromatic N) is 2. The second-order valence-electron chi connectivity index (χ2n) is 8.96. The van der Waals surface area contributed by atoms with Crippen LogP contribution in [0.4, 0.5) is 0 Å². The van der Waals surface area contributed by atoms with Crippen LogP contribution in [0, 0.1) is 0 Å². The van der Waals surface area contributed by atoms with Crippen LogP contribution in [0.1, 0.15) is 28.5 Å². The van der Waals surface area contributed by atoms with Gasteiger partial charge in [0, 0.05) is 34.6 Å². The minimum atomic E-state index is -1.12. The highest BCUT2D eigenvalue weighted by Gasteiger charge is 2.47. The third-order valence-electron chi connectivity index (χ3n) is 6.71. The Morgan fingerprint density at radius 3 is 2.54 bits per heavy atom. The first-order valence-corrected chi connectivity index (χ1v) is 11.8. The fourth-order valence-corrected chi connectivity index (χ4v) is 4.87. The van der Waals surface area contributed by atoms with E-state index < -0.39 is 5.54 Å². The van der Waals surface area contributed by atoms with Gasteiger partial charge >= 0.3 is 0 Å². The third kappa shape index (κ3) is 4.15. The molecule has 1 N–H and O–H groups in total. The summed E-state index contributed by atoms with van der Waals surface area (Å²) in [5.74, 6) is 0.292. The highest BCUT2D eigenvalue weighted by molar-refractivity contribution is 6.30. The second kappa shape index (κ2) is 9.12. The van der Waals surface area contributed by atoms with Gasteiger partial charge in [-0.05, 0) is 42.8 Å². The Balaban J connectivity index is 1.52. The summed E-state index contributed by atoms with van der Waals surface area (Å²) in [6.07, 6.45) is 0. The van der Waals surface area contributed by atoms with Crippen molar-refractivity contribution in [2.75, 3.05) is 7.11 Å². The Hall–Kier alpha value is -3.77. The number of halogens is 1. The van der Waals surface area contributed by atoms with Crippen molar-refractivity contribution in [3.8, 4) is 5.75 Å². The molecule has 2 amide bonds. The topological polar surface area (TPSA) is 63.6 Å². The predicted octanol–water partition coefficient (Wildman–Crippen LogP) is 5.03. The number of para-hydroxylation sites is 2. The lowest BCUT2D eigenvalue weighted by Crippen LogP contribution is -2.63. The molecule has 0 saturated carbocycles. The largest absolute Gasteiger partial charge is 0.496 e. The summed E-state index contributed by atoms with van der Waals surface area (Å²) in [6, 6.07) is 24.7. The van der Waals surface area contributed by atoms with E-state index >= 15 is 0 Å². The van der Waals surface area contributed by atoms with E-state index in [0.717, 1.165) is 22.0 Å². The number of rotatable bonds is 6. The Morgan fingerprint density at radius 2 is 1.77 bits per heavy atom. The molecule has 6 nitrogen and oxygen atoms in total. The van der Waals surface area contributed by atoms with Gasteiger partial charge in [0.05, 0.1) is 13.7 Å². The molecule has 35 heavy (non-hydrogen) atoms. The van der Waals surface area contributed by atoms with Crippen molar-refractivity contribution in [1.29, 1.82) is 0 Å². The molecular weight excluding hydrogens is 462 g/mol. The fraction of sp³-hybridized carbons (Fsp3) is 0.214. The van der Waals surface area contributed by atoms with Crippen LogP contribution >= 0.6 is 11.6 Å². The minimum Gasteiger partial charge on any atom is -0.496 e. The van der Waals surface area contributed by atoms with Gasteiger partial charge in [-0.3, -0.25) is 9.59 Å². The normalized spacial score (nSPS) is 17.3. The van der Waals surface area contributed by atoms with E-state index in [1.807, 2.05) is 78.2 Å². The molecule has 1 aliphatic heterocycles. The number of hydrogen-bond donors (Lipinski definition) is 1. The Kier molecular flexibility index (Phi) is 5.99. The first kappa shape index (κ1) is 23.0. The van der Waals surface area contributed by atoms with Crippen molar-refractivity contribution in [1.82, 2.24) is 14.8 Å². The summed E-state index contributed by atoms with van der Waals surface area (Å²) in [6.45, 7) is 2.75. The molecule has 1 unspecified atom stereocenters. The highest BCUT2D eigenvalue weighted by atomic mass is 35.5. The van der Waals surface area contributed by atoms with Gasteiger partial charge in [0.1, 0.15) is 17.0 Å². The van der Waals surface area contributed by atoms with Crippen molar-refractivity contribution in [3.63, 3.8) is 0 Å². The maximum absolute atomic E-state index is 13.8. The number of nitrogens with one attached hydrogen (secondary N) is 1. The molecule has 1 aromatic heterocycles. The second-order valence-corrected chi connectivity index (χ2v) is 9.40. The number of hydrogen-bond acceptors (Lipinski definition) is 3. The van der Waals surface area contributed by atoms with Crippen LogP contribution in [0.25, 0.3) is 10.9 Å². The van der Waals surface area contributed by atoms with Crippen molar-refractivity contribution >= 4 is 34.3 Å². The molecule has 178 valence electrons. The molecule has 0 fully saturated rings. The van der Waals surface area contributed by atoms with E-state index in [4.69, 9.17) is 16.3 Å². The third-order valence-corrected chi connectivity index (χ3v) is 6.96. The van der Waals surface area contributed by atoms with Gasteiger partial charge in [-0.25, -0.2) is 0 Å². The molecule has 3 aromatic carbocycles. The van der Waals surface area contributed by atoms with Crippen molar-refractivity contribution in [2.45, 2.75) is 32.1 Å². The van der Waals surface area contributed by atoms with Crippen molar-refractivity contribution in [2.24, 2.45) is 0 Å². The minimum absolute atomic E-state index is 0.183. The number of amides is 2. The van der Waals surface area contributed by atoms with Crippen molar-refractivity contribution < 1.29 is 14.3 Å². The van der Waals surface area contributed by atoms with E-state index in [2.05, 4.69) is 5.32 Å². The van der Waals surface area contributed by atoms with Crippen LogP contribution in [0.5, 0.6) is 5.75 Å². The summed E-state index contributed by atoms with van der Waals surface area (Å²) >= 11 is 6.07. The summed E-state index contributed by atoms with van der Waals surface area (Å²) in [7, 11) is 1.61. The van der Waals surface area contributed by atoms with Crippen LogP contribution in [0.3, 0.4) is 0 Å². The van der Waals surface area contributed by atoms with Gasteiger partial charge in [-0.1, -0.05) is 60.1 Å². The molecule has 1 aliphatic rings. The molecular formula is C28H26ClN3O3. The van der Waals surface area contributed by atoms with Crippen LogP contribution in [-0.4, -0.2) is 33.9 Å². The standard InChI is InChI=1S/C28H26ClN3O3/c1-28(27(34)30-16-21-8-4-6-10-25(21)35-2)18-31-23-9-5-3-7-20(23)15-24(31)26(33)32(28)17-19-11-13-22(29)14-12-19/h3-15H,16-18H2,1-2H3,(H,30,34). The molecule has 1 atom stereocenters. The van der Waals surface area contributed by atoms with Crippen LogP contribution in [-0.2, 0) is 24.4 Å². The van der Waals surface area contributed by atoms with E-state index in [0.29, 0.717) is 29.6 Å². The zero-order valence-corrected chi connectivity index (χ0v) is 20.4. The number of fused-ring (bicyclic) bond motifs is 3. The molecule has 0 spiro atoms. The quantitative estimate of drug-likeness (QED) is 0.414. The monoisotopic (exact) mass is 487 g/mol. The molecule has 2 heterocycles. The van der Waals surface area contributed by atoms with E-state index in [1.54, 1.807) is 24.1 Å². The predicted molar refractivity (Wildman–Crippen MR) is 137 cm³/mol. The molecule has 0 aliphatic carbocycles. The van der Waals surface area contributed by atoms with Gasteiger partial charge < -0.3 is 19.5 Å². The summed E-state index contributed by atoms with van der Waals surface area (Å²) in [4.78, 5) is 29.3. The average Bonchev–Trinajstić information content (AvgIpc) is 3.24. The average molecular weight is 488 g/mol. The van der Waals surface area contributed by atoms with E-state index in [1.165, 1.54) is 0 Å². The smallest absolute Gasteiger partial charge is 0.271 e. The van der Waals surface area contributed by atoms with E-state index in [9.17, 15) is 9.59 Å². The van der Waals surface area contributed by atoms with E-state index in [-0.39, 0.29) is 18.4 Å². The first-order chi connectivity index (χ1) is 16.9. The molecule has 0 bridgehead atoms. The van der Waals surface area contributed by atoms with Crippen LogP contribution in [0.2, 0.25) is 5.02 Å². The summed E-state index contributed by atoms with van der Waals surface area (Å²) in [5, 5.41) is 4.65. The summed E-state index contributed by atoms with van der Waals surface area (Å²) in [5.41, 5.74) is 2.16. The Bertz CT molecular complexity index is 1410. The first-order valence-electron chi connectivity index (χ1n) is 11.5. The number of benzene rings is 3. The Labute approximate surface area is 209 Å². The highest BCUT2D eigenvalue weighted by Crippen LogP contribution is 2.34. The molecule has 0 saturated heterocycles. The Morgan fingerprint density at radius 1 is 1.06 bits per heavy atom. The van der Waals surface area contributed by atoms with Gasteiger partial charge in [0.15, 0.2) is 0 Å². The van der Waals surface area contributed by atoms with Crippen LogP contribution in [0.15, 0.2) is 78.9 Å². The maximum atomic E-state index is 13.8. The number of aromatic nitrogens is 1. The van der Waals surface area contributed by atoms with Crippen LogP contribution < -0.4 is 10.1 Å². The zero-order valence-electron chi connectivity index (χ0n) is 19.6. The number of carbonyl (C=O) groups excluding carboxylic acids is 2. The lowest BCUT2D eigenvalue weighted by molar-refractivity contribution is -0.133. The van der Waals surface area contributed by atoms with Gasteiger partial charge in [0.2, 0.25) is 5.91 Å². The number of methoxy groups -OCH3 is 1. The maximum Gasteiger partial charge on any atom is 0.271 e. The lowest BCUT2D eigenvalue weighted by Gasteiger charge is -2.44. The van der Waals surface area contributed by atoms with Gasteiger partial charge in [-0.15, -0.1) is 0 Å². The SMILES string of the molecule is COc1ccccc1CNC(=O)C1(C)Cn2c(cc3ccccc32)C(=O)N1Cc1ccc(Cl)cc1. The van der Waals surface area contributed by atoms with Gasteiger partial charge in [-0.2, -0.15) is 0 Å². The molecule has 7 heteroatoms. The summed E-state index contributed by atoms with van der Waals surface area (Å²) < 4.78 is 7.39. The lowest BCUT2D eigenvalue weighted by atomic mass is 9.93.